The molecule has 150 valence electrons. The molecule has 1 fully saturated rings. The molecule has 0 unspecified atom stereocenters. The highest BCUT2D eigenvalue weighted by atomic mass is 16.5. The summed E-state index contributed by atoms with van der Waals surface area (Å²) in [6.07, 6.45) is 0. The number of rotatable bonds is 4. The number of nitrogens with zero attached hydrogens (tertiary/aromatic N) is 2. The highest BCUT2D eigenvalue weighted by Crippen LogP contribution is 2.31. The molecule has 4 heteroatoms. The molecule has 1 aliphatic rings. The van der Waals surface area contributed by atoms with E-state index >= 15 is 0 Å². The lowest BCUT2D eigenvalue weighted by Crippen LogP contribution is -2.49. The number of amides is 1. The van der Waals surface area contributed by atoms with Crippen molar-refractivity contribution < 1.29 is 9.53 Å². The molecule has 0 saturated carbocycles. The van der Waals surface area contributed by atoms with Gasteiger partial charge in [-0.25, -0.2) is 0 Å². The van der Waals surface area contributed by atoms with E-state index in [9.17, 15) is 4.79 Å². The zero-order chi connectivity index (χ0) is 20.4. The number of aryl methyl sites for hydroxylation is 2. The third-order valence-electron chi connectivity index (χ3n) is 5.91. The highest BCUT2D eigenvalue weighted by molar-refractivity contribution is 5.96. The Hall–Kier alpha value is -2.49. The van der Waals surface area contributed by atoms with Crippen molar-refractivity contribution in [2.75, 3.05) is 38.2 Å². The third kappa shape index (κ3) is 3.87. The maximum absolute atomic E-state index is 13.2. The van der Waals surface area contributed by atoms with Gasteiger partial charge in [0.25, 0.3) is 5.91 Å². The van der Waals surface area contributed by atoms with Crippen LogP contribution >= 0.6 is 0 Å². The van der Waals surface area contributed by atoms with Crippen LogP contribution in [0.2, 0.25) is 0 Å². The van der Waals surface area contributed by atoms with Crippen LogP contribution in [0.1, 0.15) is 52.4 Å². The van der Waals surface area contributed by atoms with Crippen LogP contribution in [0.4, 0.5) is 5.69 Å². The smallest absolute Gasteiger partial charge is 0.254 e. The van der Waals surface area contributed by atoms with Crippen LogP contribution in [-0.2, 0) is 0 Å². The summed E-state index contributed by atoms with van der Waals surface area (Å²) in [5, 5.41) is 0. The Morgan fingerprint density at radius 2 is 1.68 bits per heavy atom. The quantitative estimate of drug-likeness (QED) is 0.770. The number of hydrogen-bond acceptors (Lipinski definition) is 3. The number of benzene rings is 2. The molecule has 1 heterocycles. The van der Waals surface area contributed by atoms with E-state index in [2.05, 4.69) is 50.8 Å². The van der Waals surface area contributed by atoms with Gasteiger partial charge in [-0.3, -0.25) is 4.79 Å². The zero-order valence-electron chi connectivity index (χ0n) is 18.0. The highest BCUT2D eigenvalue weighted by Gasteiger charge is 2.25. The van der Waals surface area contributed by atoms with Crippen molar-refractivity contribution in [2.45, 2.75) is 40.5 Å². The minimum absolute atomic E-state index is 0.127. The average molecular weight is 381 g/mol. The minimum atomic E-state index is 0.127. The van der Waals surface area contributed by atoms with Gasteiger partial charge in [-0.05, 0) is 67.1 Å². The second-order valence-electron chi connectivity index (χ2n) is 8.06. The van der Waals surface area contributed by atoms with Crippen LogP contribution < -0.4 is 9.64 Å². The molecule has 0 aromatic heterocycles. The van der Waals surface area contributed by atoms with Gasteiger partial charge < -0.3 is 14.5 Å². The molecule has 0 atom stereocenters. The van der Waals surface area contributed by atoms with Crippen molar-refractivity contribution in [3.05, 3.63) is 58.1 Å². The molecule has 1 aliphatic heterocycles. The van der Waals surface area contributed by atoms with E-state index in [0.29, 0.717) is 5.92 Å². The fraction of sp³-hybridized carbons (Fsp3) is 0.458. The molecule has 0 aliphatic carbocycles. The van der Waals surface area contributed by atoms with E-state index in [4.69, 9.17) is 4.74 Å². The lowest BCUT2D eigenvalue weighted by Gasteiger charge is -2.37. The average Bonchev–Trinajstić information content (AvgIpc) is 2.69. The van der Waals surface area contributed by atoms with Gasteiger partial charge >= 0.3 is 0 Å². The summed E-state index contributed by atoms with van der Waals surface area (Å²) in [5.41, 5.74) is 6.79. The van der Waals surface area contributed by atoms with Gasteiger partial charge in [-0.1, -0.05) is 26.0 Å². The van der Waals surface area contributed by atoms with Gasteiger partial charge in [0.1, 0.15) is 5.75 Å². The zero-order valence-corrected chi connectivity index (χ0v) is 18.0. The number of anilines is 1. The number of hydrogen-bond donors (Lipinski definition) is 0. The Morgan fingerprint density at radius 1 is 1.00 bits per heavy atom. The van der Waals surface area contributed by atoms with Crippen molar-refractivity contribution in [2.24, 2.45) is 0 Å². The number of ether oxygens (including phenoxy) is 1. The van der Waals surface area contributed by atoms with Crippen molar-refractivity contribution in [1.82, 2.24) is 4.90 Å². The standard InChI is InChI=1S/C24H32N2O2/c1-16(2)20-15-21(18(4)14-23(20)28-6)24(27)26-12-10-25(11-13-26)22-9-7-8-17(3)19(22)5/h7-9,14-16H,10-13H2,1-6H3. The number of carbonyl (C=O) groups excluding carboxylic acids is 1. The van der Waals surface area contributed by atoms with Crippen molar-refractivity contribution in [3.8, 4) is 5.75 Å². The maximum atomic E-state index is 13.2. The Bertz CT molecular complexity index is 865. The van der Waals surface area contributed by atoms with Gasteiger partial charge in [0, 0.05) is 37.4 Å². The van der Waals surface area contributed by atoms with Crippen molar-refractivity contribution in [1.29, 1.82) is 0 Å². The lowest BCUT2D eigenvalue weighted by molar-refractivity contribution is 0.0746. The predicted octanol–water partition coefficient (Wildman–Crippen LogP) is 4.71. The fourth-order valence-corrected chi connectivity index (χ4v) is 3.96. The van der Waals surface area contributed by atoms with E-state index in [1.165, 1.54) is 16.8 Å². The van der Waals surface area contributed by atoms with Crippen molar-refractivity contribution >= 4 is 11.6 Å². The largest absolute Gasteiger partial charge is 0.496 e. The SMILES string of the molecule is COc1cc(C)c(C(=O)N2CCN(c3cccc(C)c3C)CC2)cc1C(C)C. The molecule has 0 N–H and O–H groups in total. The van der Waals surface area contributed by atoms with E-state index in [1.807, 2.05) is 24.0 Å². The summed E-state index contributed by atoms with van der Waals surface area (Å²) in [5.74, 6) is 1.30. The predicted molar refractivity (Wildman–Crippen MR) is 116 cm³/mol. The van der Waals surface area contributed by atoms with Crippen LogP contribution in [0.3, 0.4) is 0 Å². The van der Waals surface area contributed by atoms with Gasteiger partial charge in [0.2, 0.25) is 0 Å². The number of methoxy groups -OCH3 is 1. The molecule has 1 amide bonds. The Balaban J connectivity index is 1.77. The molecular formula is C24H32N2O2. The summed E-state index contributed by atoms with van der Waals surface area (Å²) in [6, 6.07) is 10.5. The molecular weight excluding hydrogens is 348 g/mol. The van der Waals surface area contributed by atoms with Crippen molar-refractivity contribution in [3.63, 3.8) is 0 Å². The molecule has 28 heavy (non-hydrogen) atoms. The molecule has 1 saturated heterocycles. The number of piperazine rings is 1. The monoisotopic (exact) mass is 380 g/mol. The van der Waals surface area contributed by atoms with Gasteiger partial charge in [0.05, 0.1) is 7.11 Å². The Kier molecular flexibility index (Phi) is 5.97. The molecule has 0 radical (unpaired) electrons. The second kappa shape index (κ2) is 8.26. The Labute approximate surface area is 169 Å². The maximum Gasteiger partial charge on any atom is 0.254 e. The van der Waals surface area contributed by atoms with Crippen LogP contribution in [-0.4, -0.2) is 44.1 Å². The first kappa shape index (κ1) is 20.2. The van der Waals surface area contributed by atoms with Crippen LogP contribution in [0, 0.1) is 20.8 Å². The van der Waals surface area contributed by atoms with Crippen LogP contribution in [0.15, 0.2) is 30.3 Å². The lowest BCUT2D eigenvalue weighted by atomic mass is 9.95. The van der Waals surface area contributed by atoms with Gasteiger partial charge in [-0.15, -0.1) is 0 Å². The topological polar surface area (TPSA) is 32.8 Å². The Morgan fingerprint density at radius 3 is 2.29 bits per heavy atom. The molecule has 0 spiro atoms. The van der Waals surface area contributed by atoms with E-state index < -0.39 is 0 Å². The first-order valence-electron chi connectivity index (χ1n) is 10.1. The summed E-state index contributed by atoms with van der Waals surface area (Å²) < 4.78 is 5.52. The summed E-state index contributed by atoms with van der Waals surface area (Å²) in [6.45, 7) is 13.8. The third-order valence-corrected chi connectivity index (χ3v) is 5.91. The summed E-state index contributed by atoms with van der Waals surface area (Å²) in [4.78, 5) is 17.6. The molecule has 3 rings (SSSR count). The molecule has 0 bridgehead atoms. The fourth-order valence-electron chi connectivity index (χ4n) is 3.96. The van der Waals surface area contributed by atoms with Crippen LogP contribution in [0.5, 0.6) is 5.75 Å². The van der Waals surface area contributed by atoms with E-state index in [-0.39, 0.29) is 5.91 Å². The van der Waals surface area contributed by atoms with Gasteiger partial charge in [-0.2, -0.15) is 0 Å². The molecule has 4 nitrogen and oxygen atoms in total. The summed E-state index contributed by atoms with van der Waals surface area (Å²) >= 11 is 0. The number of carbonyl (C=O) groups is 1. The van der Waals surface area contributed by atoms with Crippen LogP contribution in [0.25, 0.3) is 0 Å². The second-order valence-corrected chi connectivity index (χ2v) is 8.06. The first-order chi connectivity index (χ1) is 13.3. The van der Waals surface area contributed by atoms with E-state index in [1.54, 1.807) is 7.11 Å². The normalized spacial score (nSPS) is 14.5. The minimum Gasteiger partial charge on any atom is -0.496 e. The molecule has 2 aromatic rings. The molecule has 2 aromatic carbocycles. The summed E-state index contributed by atoms with van der Waals surface area (Å²) in [7, 11) is 1.69. The van der Waals surface area contributed by atoms with E-state index in [0.717, 1.165) is 48.6 Å². The van der Waals surface area contributed by atoms with Gasteiger partial charge in [0.15, 0.2) is 0 Å². The first-order valence-corrected chi connectivity index (χ1v) is 10.1.